The summed E-state index contributed by atoms with van der Waals surface area (Å²) in [6, 6.07) is 0. The lowest BCUT2D eigenvalue weighted by Crippen LogP contribution is -2.20. The maximum atomic E-state index is 12.5. The molecule has 0 aromatic heterocycles. The molecule has 4 heteroatoms. The zero-order valence-electron chi connectivity index (χ0n) is 7.75. The van der Waals surface area contributed by atoms with Gasteiger partial charge in [0.05, 0.1) is 6.54 Å². The van der Waals surface area contributed by atoms with Crippen LogP contribution in [0.5, 0.6) is 0 Å². The van der Waals surface area contributed by atoms with E-state index in [9.17, 15) is 9.28 Å². The van der Waals surface area contributed by atoms with Gasteiger partial charge in [-0.05, 0) is 21.0 Å². The first kappa shape index (κ1) is 11.1. The molecule has 0 rings (SSSR count). The van der Waals surface area contributed by atoms with Crippen molar-refractivity contribution in [2.45, 2.75) is 6.92 Å². The van der Waals surface area contributed by atoms with Crippen molar-refractivity contribution in [3.05, 3.63) is 12.2 Å². The highest BCUT2D eigenvalue weighted by Gasteiger charge is 2.04. The van der Waals surface area contributed by atoms with Crippen LogP contribution >= 0.6 is 0 Å². The summed E-state index contributed by atoms with van der Waals surface area (Å²) in [5, 5.41) is 0.173. The van der Waals surface area contributed by atoms with Gasteiger partial charge in [-0.1, -0.05) is 10.6 Å². The Bertz CT molecular complexity index is 168. The molecule has 0 aliphatic carbocycles. The number of rotatable bonds is 4. The first-order chi connectivity index (χ1) is 5.57. The van der Waals surface area contributed by atoms with E-state index in [1.54, 1.807) is 13.0 Å². The highest BCUT2D eigenvalue weighted by atomic mass is 19.2. The molecule has 0 saturated heterocycles. The van der Waals surface area contributed by atoms with Gasteiger partial charge in [-0.2, -0.15) is 5.12 Å². The SMILES string of the molecule is CCN(F)C(=O)/C=C/CN(C)C. The van der Waals surface area contributed by atoms with E-state index >= 15 is 0 Å². The molecule has 0 spiro atoms. The van der Waals surface area contributed by atoms with Crippen LogP contribution in [0.15, 0.2) is 12.2 Å². The van der Waals surface area contributed by atoms with Crippen LogP contribution in [-0.4, -0.2) is 43.1 Å². The zero-order chi connectivity index (χ0) is 9.56. The predicted octanol–water partition coefficient (Wildman–Crippen LogP) is 0.837. The summed E-state index contributed by atoms with van der Waals surface area (Å²) in [4.78, 5) is 12.7. The molecule has 12 heavy (non-hydrogen) atoms. The van der Waals surface area contributed by atoms with Gasteiger partial charge < -0.3 is 4.90 Å². The summed E-state index contributed by atoms with van der Waals surface area (Å²) in [5.41, 5.74) is 0. The van der Waals surface area contributed by atoms with Gasteiger partial charge in [0.15, 0.2) is 0 Å². The van der Waals surface area contributed by atoms with Crippen molar-refractivity contribution in [3.63, 3.8) is 0 Å². The second-order valence-electron chi connectivity index (χ2n) is 2.68. The molecule has 0 aliphatic rings. The summed E-state index contributed by atoms with van der Waals surface area (Å²) in [6.07, 6.45) is 2.87. The summed E-state index contributed by atoms with van der Waals surface area (Å²) < 4.78 is 12.5. The number of amides is 1. The number of carbonyl (C=O) groups is 1. The van der Waals surface area contributed by atoms with E-state index in [1.807, 2.05) is 19.0 Å². The highest BCUT2D eigenvalue weighted by Crippen LogP contribution is 1.91. The van der Waals surface area contributed by atoms with Crippen molar-refractivity contribution < 1.29 is 9.28 Å². The molecule has 0 fully saturated rings. The third kappa shape index (κ3) is 4.85. The first-order valence-electron chi connectivity index (χ1n) is 3.86. The molecule has 0 radical (unpaired) electrons. The van der Waals surface area contributed by atoms with E-state index in [-0.39, 0.29) is 11.7 Å². The zero-order valence-corrected chi connectivity index (χ0v) is 7.75. The van der Waals surface area contributed by atoms with Gasteiger partial charge in [0, 0.05) is 12.6 Å². The minimum absolute atomic E-state index is 0.0884. The van der Waals surface area contributed by atoms with E-state index in [0.717, 1.165) is 0 Å². The van der Waals surface area contributed by atoms with Gasteiger partial charge in [0.2, 0.25) is 0 Å². The molecule has 70 valence electrons. The van der Waals surface area contributed by atoms with Crippen LogP contribution in [0.2, 0.25) is 0 Å². The van der Waals surface area contributed by atoms with Gasteiger partial charge in [0.25, 0.3) is 5.91 Å². The summed E-state index contributed by atoms with van der Waals surface area (Å²) in [6.45, 7) is 2.31. The number of halogens is 1. The van der Waals surface area contributed by atoms with Crippen LogP contribution < -0.4 is 0 Å². The quantitative estimate of drug-likeness (QED) is 0.465. The molecule has 0 aromatic rings. The highest BCUT2D eigenvalue weighted by molar-refractivity contribution is 5.86. The summed E-state index contributed by atoms with van der Waals surface area (Å²) in [5.74, 6) is -0.598. The minimum Gasteiger partial charge on any atom is -0.306 e. The minimum atomic E-state index is -0.598. The Morgan fingerprint density at radius 1 is 1.50 bits per heavy atom. The van der Waals surface area contributed by atoms with E-state index in [2.05, 4.69) is 0 Å². The Labute approximate surface area is 72.4 Å². The summed E-state index contributed by atoms with van der Waals surface area (Å²) >= 11 is 0. The van der Waals surface area contributed by atoms with Gasteiger partial charge in [-0.15, -0.1) is 0 Å². The smallest absolute Gasteiger partial charge is 0.273 e. The largest absolute Gasteiger partial charge is 0.306 e. The maximum absolute atomic E-state index is 12.5. The van der Waals surface area contributed by atoms with Crippen LogP contribution in [0.25, 0.3) is 0 Å². The van der Waals surface area contributed by atoms with Crippen molar-refractivity contribution in [1.29, 1.82) is 0 Å². The first-order valence-corrected chi connectivity index (χ1v) is 3.86. The van der Waals surface area contributed by atoms with Gasteiger partial charge in [-0.3, -0.25) is 4.79 Å². The van der Waals surface area contributed by atoms with E-state index in [0.29, 0.717) is 6.54 Å². The normalized spacial score (nSPS) is 11.1. The average molecular weight is 174 g/mol. The lowest BCUT2D eigenvalue weighted by atomic mass is 10.4. The van der Waals surface area contributed by atoms with E-state index < -0.39 is 5.91 Å². The summed E-state index contributed by atoms with van der Waals surface area (Å²) in [7, 11) is 3.75. The number of hydrogen-bond donors (Lipinski definition) is 0. The van der Waals surface area contributed by atoms with Crippen LogP contribution in [-0.2, 0) is 4.79 Å². The Morgan fingerprint density at radius 3 is 2.50 bits per heavy atom. The lowest BCUT2D eigenvalue weighted by molar-refractivity contribution is -0.140. The van der Waals surface area contributed by atoms with Crippen molar-refractivity contribution in [2.24, 2.45) is 0 Å². The molecule has 0 aliphatic heterocycles. The van der Waals surface area contributed by atoms with Gasteiger partial charge >= 0.3 is 0 Å². The van der Waals surface area contributed by atoms with Gasteiger partial charge in [-0.25, -0.2) is 0 Å². The number of likely N-dealkylation sites (N-methyl/N-ethyl adjacent to an activating group) is 2. The average Bonchev–Trinajstić information content (AvgIpc) is 2.02. The van der Waals surface area contributed by atoms with Crippen LogP contribution in [0.4, 0.5) is 4.48 Å². The Hall–Kier alpha value is -0.900. The predicted molar refractivity (Wildman–Crippen MR) is 46.2 cm³/mol. The van der Waals surface area contributed by atoms with Crippen LogP contribution in [0.3, 0.4) is 0 Å². The molecule has 3 nitrogen and oxygen atoms in total. The monoisotopic (exact) mass is 174 g/mol. The Kier molecular flexibility index (Phi) is 5.28. The molecular weight excluding hydrogens is 159 g/mol. The number of carbonyl (C=O) groups excluding carboxylic acids is 1. The molecule has 0 aromatic carbocycles. The molecule has 0 saturated carbocycles. The standard InChI is InChI=1S/C8H15FN2O/c1-4-11(9)8(12)6-5-7-10(2)3/h5-6H,4,7H2,1-3H3/b6-5+. The van der Waals surface area contributed by atoms with Crippen LogP contribution in [0, 0.1) is 0 Å². The van der Waals surface area contributed by atoms with Crippen molar-refractivity contribution in [1.82, 2.24) is 10.0 Å². The second-order valence-corrected chi connectivity index (χ2v) is 2.68. The number of hydrogen-bond acceptors (Lipinski definition) is 2. The van der Waals surface area contributed by atoms with E-state index in [1.165, 1.54) is 6.08 Å². The Morgan fingerprint density at radius 2 is 2.08 bits per heavy atom. The van der Waals surface area contributed by atoms with Crippen molar-refractivity contribution >= 4 is 5.91 Å². The molecule has 0 atom stereocenters. The molecule has 0 bridgehead atoms. The fraction of sp³-hybridized carbons (Fsp3) is 0.625. The number of nitrogens with zero attached hydrogens (tertiary/aromatic N) is 2. The molecule has 0 unspecified atom stereocenters. The molecule has 1 amide bonds. The Balaban J connectivity index is 3.75. The van der Waals surface area contributed by atoms with Crippen molar-refractivity contribution in [3.8, 4) is 0 Å². The van der Waals surface area contributed by atoms with E-state index in [4.69, 9.17) is 0 Å². The third-order valence-corrected chi connectivity index (χ3v) is 1.25. The van der Waals surface area contributed by atoms with Crippen molar-refractivity contribution in [2.75, 3.05) is 27.2 Å². The lowest BCUT2D eigenvalue weighted by Gasteiger charge is -2.06. The topological polar surface area (TPSA) is 23.6 Å². The maximum Gasteiger partial charge on any atom is 0.273 e. The molecular formula is C8H15FN2O. The fourth-order valence-electron chi connectivity index (χ4n) is 0.601. The van der Waals surface area contributed by atoms with Crippen LogP contribution in [0.1, 0.15) is 6.92 Å². The fourth-order valence-corrected chi connectivity index (χ4v) is 0.601. The second kappa shape index (κ2) is 5.71. The molecule has 0 N–H and O–H groups in total. The molecule has 0 heterocycles. The van der Waals surface area contributed by atoms with Gasteiger partial charge in [0.1, 0.15) is 0 Å². The third-order valence-electron chi connectivity index (χ3n) is 1.25.